The molecule has 6 heteroatoms. The second kappa shape index (κ2) is 7.15. The summed E-state index contributed by atoms with van der Waals surface area (Å²) < 4.78 is 12.8. The molecule has 1 aliphatic carbocycles. The van der Waals surface area contributed by atoms with E-state index >= 15 is 0 Å². The van der Waals surface area contributed by atoms with Gasteiger partial charge in [0, 0.05) is 6.04 Å². The van der Waals surface area contributed by atoms with E-state index in [4.69, 9.17) is 0 Å². The first-order valence-electron chi connectivity index (χ1n) is 7.23. The molecule has 1 aromatic rings. The van der Waals surface area contributed by atoms with E-state index in [0.717, 1.165) is 37.9 Å². The summed E-state index contributed by atoms with van der Waals surface area (Å²) >= 11 is 0. The molecule has 0 aromatic carbocycles. The third kappa shape index (κ3) is 4.24. The molecule has 1 heterocycles. The molecule has 0 radical (unpaired) electrons. The van der Waals surface area contributed by atoms with Crippen LogP contribution in [0.2, 0.25) is 0 Å². The van der Waals surface area contributed by atoms with E-state index in [1.54, 1.807) is 0 Å². The van der Waals surface area contributed by atoms with E-state index < -0.39 is 29.7 Å². The van der Waals surface area contributed by atoms with Crippen LogP contribution in [0.5, 0.6) is 0 Å². The zero-order valence-electron chi connectivity index (χ0n) is 11.7. The summed E-state index contributed by atoms with van der Waals surface area (Å²) in [6, 6.07) is 2.06. The Morgan fingerprint density at radius 2 is 1.90 bits per heavy atom. The van der Waals surface area contributed by atoms with Crippen molar-refractivity contribution < 1.29 is 19.1 Å². The smallest absolute Gasteiger partial charge is 0.308 e. The van der Waals surface area contributed by atoms with Crippen molar-refractivity contribution in [2.45, 2.75) is 44.6 Å². The Kier molecular flexibility index (Phi) is 5.25. The summed E-state index contributed by atoms with van der Waals surface area (Å²) in [5, 5.41) is 12.1. The average Bonchev–Trinajstić information content (AvgIpc) is 2.42. The van der Waals surface area contributed by atoms with Crippen LogP contribution in [0.3, 0.4) is 0 Å². The van der Waals surface area contributed by atoms with Crippen LogP contribution in [-0.2, 0) is 4.79 Å². The lowest BCUT2D eigenvalue weighted by Crippen LogP contribution is -2.44. The van der Waals surface area contributed by atoms with Crippen LogP contribution < -0.4 is 5.32 Å². The minimum absolute atomic E-state index is 0.0996. The predicted octanol–water partition coefficient (Wildman–Crippen LogP) is 2.37. The van der Waals surface area contributed by atoms with Crippen LogP contribution in [0.25, 0.3) is 0 Å². The molecular formula is C15H19FN2O3. The Labute approximate surface area is 122 Å². The van der Waals surface area contributed by atoms with E-state index in [1.165, 1.54) is 6.07 Å². The van der Waals surface area contributed by atoms with Gasteiger partial charge in [-0.15, -0.1) is 0 Å². The van der Waals surface area contributed by atoms with E-state index in [2.05, 4.69) is 10.3 Å². The summed E-state index contributed by atoms with van der Waals surface area (Å²) in [4.78, 5) is 27.2. The second-order valence-corrected chi connectivity index (χ2v) is 5.38. The number of carboxylic acid groups (broad SMARTS) is 1. The highest BCUT2D eigenvalue weighted by molar-refractivity contribution is 5.92. The second-order valence-electron chi connectivity index (χ2n) is 5.38. The average molecular weight is 294 g/mol. The Morgan fingerprint density at radius 1 is 1.19 bits per heavy atom. The van der Waals surface area contributed by atoms with Crippen LogP contribution >= 0.6 is 0 Å². The molecule has 1 amide bonds. The Hall–Kier alpha value is -1.98. The summed E-state index contributed by atoms with van der Waals surface area (Å²) in [5.41, 5.74) is 0.0996. The minimum atomic E-state index is -0.880. The molecule has 1 aliphatic rings. The standard InChI is InChI=1S/C15H19FN2O3/c16-10-7-8-13(17-9-10)14(19)18-12-6-4-2-1-3-5-11(12)15(20)21/h7-9,11-12H,1-6H2,(H,18,19)(H,20,21). The first kappa shape index (κ1) is 15.4. The van der Waals surface area contributed by atoms with Crippen molar-refractivity contribution >= 4 is 11.9 Å². The molecule has 2 rings (SSSR count). The van der Waals surface area contributed by atoms with Gasteiger partial charge in [-0.25, -0.2) is 9.37 Å². The number of amides is 1. The third-order valence-electron chi connectivity index (χ3n) is 3.86. The van der Waals surface area contributed by atoms with Gasteiger partial charge in [0.05, 0.1) is 12.1 Å². The number of hydrogen-bond acceptors (Lipinski definition) is 3. The fourth-order valence-electron chi connectivity index (χ4n) is 2.71. The maximum Gasteiger partial charge on any atom is 0.308 e. The van der Waals surface area contributed by atoms with Crippen molar-refractivity contribution in [2.24, 2.45) is 5.92 Å². The zero-order valence-corrected chi connectivity index (χ0v) is 11.7. The number of halogens is 1. The molecular weight excluding hydrogens is 275 g/mol. The van der Waals surface area contributed by atoms with Crippen molar-refractivity contribution in [2.75, 3.05) is 0 Å². The van der Waals surface area contributed by atoms with Crippen LogP contribution in [-0.4, -0.2) is 28.0 Å². The van der Waals surface area contributed by atoms with Crippen molar-refractivity contribution in [1.29, 1.82) is 0 Å². The normalized spacial score (nSPS) is 22.9. The number of carboxylic acids is 1. The maximum atomic E-state index is 12.8. The van der Waals surface area contributed by atoms with E-state index in [9.17, 15) is 19.1 Å². The van der Waals surface area contributed by atoms with E-state index in [0.29, 0.717) is 12.8 Å². The Bertz CT molecular complexity index is 504. The van der Waals surface area contributed by atoms with Crippen molar-refractivity contribution in [3.05, 3.63) is 29.8 Å². The molecule has 0 aliphatic heterocycles. The quantitative estimate of drug-likeness (QED) is 0.897. The molecule has 1 aromatic heterocycles. The Balaban J connectivity index is 2.07. The summed E-state index contributed by atoms with van der Waals surface area (Å²) in [5.74, 6) is -2.42. The molecule has 2 unspecified atom stereocenters. The fourth-order valence-corrected chi connectivity index (χ4v) is 2.71. The van der Waals surface area contributed by atoms with Gasteiger partial charge < -0.3 is 10.4 Å². The zero-order chi connectivity index (χ0) is 15.2. The molecule has 2 N–H and O–H groups in total. The van der Waals surface area contributed by atoms with Crippen LogP contribution in [0, 0.1) is 11.7 Å². The number of carbonyl (C=O) groups excluding carboxylic acids is 1. The molecule has 1 saturated carbocycles. The lowest BCUT2D eigenvalue weighted by Gasteiger charge is -2.27. The lowest BCUT2D eigenvalue weighted by molar-refractivity contribution is -0.143. The van der Waals surface area contributed by atoms with Crippen molar-refractivity contribution in [3.63, 3.8) is 0 Å². The number of pyridine rings is 1. The van der Waals surface area contributed by atoms with Crippen LogP contribution in [0.4, 0.5) is 4.39 Å². The molecule has 1 fully saturated rings. The van der Waals surface area contributed by atoms with E-state index in [1.807, 2.05) is 0 Å². The maximum absolute atomic E-state index is 12.8. The van der Waals surface area contributed by atoms with Gasteiger partial charge in [-0.2, -0.15) is 0 Å². The molecule has 5 nitrogen and oxygen atoms in total. The van der Waals surface area contributed by atoms with Gasteiger partial charge in [-0.3, -0.25) is 9.59 Å². The molecule has 0 spiro atoms. The number of nitrogens with one attached hydrogen (secondary N) is 1. The predicted molar refractivity (Wildman–Crippen MR) is 74.3 cm³/mol. The summed E-state index contributed by atoms with van der Waals surface area (Å²) in [7, 11) is 0. The van der Waals surface area contributed by atoms with Gasteiger partial charge in [-0.05, 0) is 25.0 Å². The summed E-state index contributed by atoms with van der Waals surface area (Å²) in [6.07, 6.45) is 6.02. The summed E-state index contributed by atoms with van der Waals surface area (Å²) in [6.45, 7) is 0. The largest absolute Gasteiger partial charge is 0.481 e. The highest BCUT2D eigenvalue weighted by Gasteiger charge is 2.30. The first-order valence-corrected chi connectivity index (χ1v) is 7.23. The molecule has 21 heavy (non-hydrogen) atoms. The van der Waals surface area contributed by atoms with Crippen molar-refractivity contribution in [1.82, 2.24) is 10.3 Å². The van der Waals surface area contributed by atoms with Crippen LogP contribution in [0.1, 0.15) is 49.0 Å². The lowest BCUT2D eigenvalue weighted by atomic mass is 9.86. The van der Waals surface area contributed by atoms with Gasteiger partial charge in [-0.1, -0.05) is 25.7 Å². The highest BCUT2D eigenvalue weighted by Crippen LogP contribution is 2.23. The van der Waals surface area contributed by atoms with Crippen molar-refractivity contribution in [3.8, 4) is 0 Å². The topological polar surface area (TPSA) is 79.3 Å². The number of aromatic nitrogens is 1. The third-order valence-corrected chi connectivity index (χ3v) is 3.86. The monoisotopic (exact) mass is 294 g/mol. The highest BCUT2D eigenvalue weighted by atomic mass is 19.1. The number of hydrogen-bond donors (Lipinski definition) is 2. The molecule has 114 valence electrons. The first-order chi connectivity index (χ1) is 10.1. The number of carbonyl (C=O) groups is 2. The van der Waals surface area contributed by atoms with Gasteiger partial charge in [0.25, 0.3) is 5.91 Å². The number of rotatable bonds is 3. The number of nitrogens with zero attached hydrogens (tertiary/aromatic N) is 1. The van der Waals surface area contributed by atoms with Gasteiger partial charge >= 0.3 is 5.97 Å². The molecule has 2 atom stereocenters. The minimum Gasteiger partial charge on any atom is -0.481 e. The number of aliphatic carboxylic acids is 1. The van der Waals surface area contributed by atoms with Crippen LogP contribution in [0.15, 0.2) is 18.3 Å². The fraction of sp³-hybridized carbons (Fsp3) is 0.533. The molecule has 0 bridgehead atoms. The Morgan fingerprint density at radius 3 is 2.52 bits per heavy atom. The van der Waals surface area contributed by atoms with Gasteiger partial charge in [0.2, 0.25) is 0 Å². The molecule has 0 saturated heterocycles. The van der Waals surface area contributed by atoms with Gasteiger partial charge in [0.15, 0.2) is 0 Å². The SMILES string of the molecule is O=C(NC1CCCCCCC1C(=O)O)c1ccc(F)cn1. The van der Waals surface area contributed by atoms with E-state index in [-0.39, 0.29) is 5.69 Å². The van der Waals surface area contributed by atoms with Gasteiger partial charge in [0.1, 0.15) is 11.5 Å².